The Labute approximate surface area is 124 Å². The zero-order valence-electron chi connectivity index (χ0n) is 12.4. The van der Waals surface area contributed by atoms with E-state index in [1.54, 1.807) is 0 Å². The fraction of sp³-hybridized carbons (Fsp3) is 0.786. The van der Waals surface area contributed by atoms with Crippen LogP contribution >= 0.6 is 0 Å². The summed E-state index contributed by atoms with van der Waals surface area (Å²) in [5.74, 6) is -1.49. The number of amides is 2. The molecule has 0 saturated carbocycles. The van der Waals surface area contributed by atoms with Gasteiger partial charge in [-0.15, -0.1) is 0 Å². The number of aliphatic carboxylic acids is 1. The highest BCUT2D eigenvalue weighted by atomic mass is 16.4. The first-order valence-electron chi connectivity index (χ1n) is 7.51. The number of nitrogens with zero attached hydrogens (tertiary/aromatic N) is 1. The van der Waals surface area contributed by atoms with Crippen LogP contribution in [0.15, 0.2) is 0 Å². The van der Waals surface area contributed by atoms with E-state index in [9.17, 15) is 14.4 Å². The lowest BCUT2D eigenvalue weighted by Crippen LogP contribution is -2.61. The number of carboxylic acid groups (broad SMARTS) is 1. The minimum Gasteiger partial charge on any atom is -0.481 e. The molecule has 2 aliphatic heterocycles. The number of piperazine rings is 1. The first-order chi connectivity index (χ1) is 10.00. The molecule has 0 aromatic rings. The van der Waals surface area contributed by atoms with Crippen LogP contribution in [0, 0.1) is 5.41 Å². The lowest BCUT2D eigenvalue weighted by Gasteiger charge is -2.43. The van der Waals surface area contributed by atoms with Gasteiger partial charge in [-0.3, -0.25) is 14.4 Å². The average molecular weight is 297 g/mol. The van der Waals surface area contributed by atoms with Gasteiger partial charge in [-0.25, -0.2) is 0 Å². The number of hydrogen-bond donors (Lipinski definition) is 3. The highest BCUT2D eigenvalue weighted by Gasteiger charge is 2.45. The third-order valence-corrected chi connectivity index (χ3v) is 4.65. The van der Waals surface area contributed by atoms with Crippen molar-refractivity contribution in [1.82, 2.24) is 15.5 Å². The van der Waals surface area contributed by atoms with Crippen LogP contribution in [0.3, 0.4) is 0 Å². The number of piperidine rings is 1. The van der Waals surface area contributed by atoms with Crippen molar-refractivity contribution in [3.8, 4) is 0 Å². The van der Waals surface area contributed by atoms with E-state index in [1.165, 1.54) is 4.90 Å². The second kappa shape index (κ2) is 6.43. The van der Waals surface area contributed by atoms with Crippen molar-refractivity contribution in [3.63, 3.8) is 0 Å². The van der Waals surface area contributed by atoms with Gasteiger partial charge in [0.15, 0.2) is 0 Å². The summed E-state index contributed by atoms with van der Waals surface area (Å²) in [5.41, 5.74) is -0.459. The molecule has 0 bridgehead atoms. The van der Waals surface area contributed by atoms with E-state index >= 15 is 0 Å². The normalized spacial score (nSPS) is 25.3. The number of nitrogens with one attached hydrogen (secondary N) is 2. The predicted molar refractivity (Wildman–Crippen MR) is 75.6 cm³/mol. The van der Waals surface area contributed by atoms with Crippen LogP contribution in [0.4, 0.5) is 0 Å². The zero-order valence-corrected chi connectivity index (χ0v) is 12.4. The fourth-order valence-corrected chi connectivity index (χ4v) is 3.25. The van der Waals surface area contributed by atoms with Crippen molar-refractivity contribution in [3.05, 3.63) is 0 Å². The van der Waals surface area contributed by atoms with Gasteiger partial charge in [-0.1, -0.05) is 6.92 Å². The third-order valence-electron chi connectivity index (χ3n) is 4.65. The van der Waals surface area contributed by atoms with Crippen LogP contribution in [0.2, 0.25) is 0 Å². The quantitative estimate of drug-likeness (QED) is 0.654. The maximum Gasteiger partial charge on any atom is 0.305 e. The summed E-state index contributed by atoms with van der Waals surface area (Å²) < 4.78 is 0. The van der Waals surface area contributed by atoms with E-state index < -0.39 is 17.4 Å². The molecule has 7 nitrogen and oxygen atoms in total. The number of carboxylic acids is 1. The Kier molecular flexibility index (Phi) is 4.82. The van der Waals surface area contributed by atoms with Gasteiger partial charge in [0.1, 0.15) is 6.04 Å². The summed E-state index contributed by atoms with van der Waals surface area (Å²) in [7, 11) is 0. The van der Waals surface area contributed by atoms with Crippen molar-refractivity contribution in [2.75, 3.05) is 26.2 Å². The highest BCUT2D eigenvalue weighted by molar-refractivity contribution is 5.93. The van der Waals surface area contributed by atoms with Crippen LogP contribution in [-0.4, -0.2) is 60.0 Å². The molecule has 2 heterocycles. The second-order valence-corrected chi connectivity index (χ2v) is 5.79. The molecular weight excluding hydrogens is 274 g/mol. The molecule has 1 atom stereocenters. The smallest absolute Gasteiger partial charge is 0.305 e. The molecule has 1 unspecified atom stereocenters. The van der Waals surface area contributed by atoms with Gasteiger partial charge in [-0.05, 0) is 32.4 Å². The average Bonchev–Trinajstić information content (AvgIpc) is 2.49. The highest BCUT2D eigenvalue weighted by Crippen LogP contribution is 2.35. The van der Waals surface area contributed by atoms with E-state index in [4.69, 9.17) is 5.11 Å². The first kappa shape index (κ1) is 15.8. The topological polar surface area (TPSA) is 98.7 Å². The summed E-state index contributed by atoms with van der Waals surface area (Å²) in [6.45, 7) is 4.32. The second-order valence-electron chi connectivity index (χ2n) is 5.79. The molecule has 2 amide bonds. The molecule has 21 heavy (non-hydrogen) atoms. The summed E-state index contributed by atoms with van der Waals surface area (Å²) in [6, 6.07) is -0.887. The number of rotatable bonds is 4. The number of carbonyl (C=O) groups is 3. The summed E-state index contributed by atoms with van der Waals surface area (Å²) in [4.78, 5) is 37.4. The molecule has 0 aromatic heterocycles. The Morgan fingerprint density at radius 1 is 1.33 bits per heavy atom. The maximum atomic E-state index is 13.0. The van der Waals surface area contributed by atoms with E-state index in [2.05, 4.69) is 10.6 Å². The zero-order chi connectivity index (χ0) is 15.5. The minimum atomic E-state index is -1.06. The molecule has 2 aliphatic rings. The van der Waals surface area contributed by atoms with Crippen molar-refractivity contribution in [2.24, 2.45) is 5.41 Å². The van der Waals surface area contributed by atoms with Gasteiger partial charge < -0.3 is 20.6 Å². The Balaban J connectivity index is 2.21. The van der Waals surface area contributed by atoms with Crippen LogP contribution in [0.5, 0.6) is 0 Å². The lowest BCUT2D eigenvalue weighted by atomic mass is 9.75. The maximum absolute atomic E-state index is 13.0. The SMILES string of the molecule is CCC1(C(=O)N2CCNC(=O)C2CC(=O)O)CCNCC1. The molecule has 2 rings (SSSR count). The molecular formula is C14H23N3O4. The van der Waals surface area contributed by atoms with Gasteiger partial charge in [0.05, 0.1) is 11.8 Å². The lowest BCUT2D eigenvalue weighted by molar-refractivity contribution is -0.155. The van der Waals surface area contributed by atoms with E-state index in [0.29, 0.717) is 19.5 Å². The standard InChI is InChI=1S/C14H23N3O4/c1-2-14(3-5-15-6-4-14)13(21)17-8-7-16-12(20)10(17)9-11(18)19/h10,15H,2-9H2,1H3,(H,16,20)(H,18,19). The van der Waals surface area contributed by atoms with Crippen LogP contribution in [-0.2, 0) is 14.4 Å². The number of hydrogen-bond acceptors (Lipinski definition) is 4. The molecule has 0 aromatic carbocycles. The predicted octanol–water partition coefficient (Wildman–Crippen LogP) is -0.432. The molecule has 3 N–H and O–H groups in total. The molecule has 0 aliphatic carbocycles. The van der Waals surface area contributed by atoms with E-state index in [-0.39, 0.29) is 18.2 Å². The van der Waals surface area contributed by atoms with Crippen molar-refractivity contribution < 1.29 is 19.5 Å². The van der Waals surface area contributed by atoms with Crippen molar-refractivity contribution in [1.29, 1.82) is 0 Å². The van der Waals surface area contributed by atoms with E-state index in [0.717, 1.165) is 25.9 Å². The number of carbonyl (C=O) groups excluding carboxylic acids is 2. The minimum absolute atomic E-state index is 0.0624. The Morgan fingerprint density at radius 3 is 2.57 bits per heavy atom. The van der Waals surface area contributed by atoms with E-state index in [1.807, 2.05) is 6.92 Å². The van der Waals surface area contributed by atoms with Crippen molar-refractivity contribution in [2.45, 2.75) is 38.6 Å². The Bertz CT molecular complexity index is 432. The van der Waals surface area contributed by atoms with Gasteiger partial charge in [-0.2, -0.15) is 0 Å². The van der Waals surface area contributed by atoms with Gasteiger partial charge in [0.25, 0.3) is 0 Å². The van der Waals surface area contributed by atoms with Crippen LogP contribution in [0.25, 0.3) is 0 Å². The summed E-state index contributed by atoms with van der Waals surface area (Å²) in [6.07, 6.45) is 1.85. The third kappa shape index (κ3) is 3.18. The summed E-state index contributed by atoms with van der Waals surface area (Å²) in [5, 5.41) is 14.9. The van der Waals surface area contributed by atoms with Crippen molar-refractivity contribution >= 4 is 17.8 Å². The van der Waals surface area contributed by atoms with Crippen LogP contribution in [0.1, 0.15) is 32.6 Å². The molecule has 0 radical (unpaired) electrons. The molecule has 0 spiro atoms. The largest absolute Gasteiger partial charge is 0.481 e. The molecule has 118 valence electrons. The molecule has 7 heteroatoms. The summed E-state index contributed by atoms with van der Waals surface area (Å²) >= 11 is 0. The Hall–Kier alpha value is -1.63. The monoisotopic (exact) mass is 297 g/mol. The molecule has 2 fully saturated rings. The van der Waals surface area contributed by atoms with Crippen LogP contribution < -0.4 is 10.6 Å². The Morgan fingerprint density at radius 2 is 2.00 bits per heavy atom. The van der Waals surface area contributed by atoms with Gasteiger partial charge in [0.2, 0.25) is 11.8 Å². The molecule has 2 saturated heterocycles. The first-order valence-corrected chi connectivity index (χ1v) is 7.51. The van der Waals surface area contributed by atoms with Gasteiger partial charge in [0, 0.05) is 13.1 Å². The fourth-order valence-electron chi connectivity index (χ4n) is 3.25. The van der Waals surface area contributed by atoms with Gasteiger partial charge >= 0.3 is 5.97 Å².